The minimum atomic E-state index is 0.291. The normalized spacial score (nSPS) is 12.5. The average Bonchev–Trinajstić information content (AvgIpc) is 3.24. The maximum absolute atomic E-state index is 5.40. The van der Waals surface area contributed by atoms with Crippen molar-refractivity contribution in [2.45, 2.75) is 10.8 Å². The minimum Gasteiger partial charge on any atom is -0.454 e. The second-order valence-corrected chi connectivity index (χ2v) is 5.58. The van der Waals surface area contributed by atoms with Crippen molar-refractivity contribution in [3.63, 3.8) is 0 Å². The van der Waals surface area contributed by atoms with Crippen molar-refractivity contribution in [1.82, 2.24) is 19.7 Å². The van der Waals surface area contributed by atoms with Gasteiger partial charge in [-0.3, -0.25) is 0 Å². The molecule has 3 aromatic rings. The number of fused-ring (bicyclic) bond motifs is 1. The summed E-state index contributed by atoms with van der Waals surface area (Å²) in [7, 11) is 0. The lowest BCUT2D eigenvalue weighted by atomic mass is 10.2. The average molecular weight is 312 g/mol. The molecule has 3 heterocycles. The molecule has 4 rings (SSSR count). The molecule has 7 heteroatoms. The van der Waals surface area contributed by atoms with E-state index in [0.29, 0.717) is 6.79 Å². The third-order valence-electron chi connectivity index (χ3n) is 3.18. The van der Waals surface area contributed by atoms with E-state index in [9.17, 15) is 0 Å². The Morgan fingerprint density at radius 2 is 2.00 bits per heavy atom. The highest BCUT2D eigenvalue weighted by Gasteiger charge is 2.14. The van der Waals surface area contributed by atoms with Crippen LogP contribution in [0.3, 0.4) is 0 Å². The SMILES string of the molecule is c1cnn(-c2nccnc2SCc2ccc3c(c2)OCO3)c1. The first kappa shape index (κ1) is 13.1. The predicted octanol–water partition coefficient (Wildman–Crippen LogP) is 2.68. The fourth-order valence-corrected chi connectivity index (χ4v) is 3.05. The minimum absolute atomic E-state index is 0.291. The van der Waals surface area contributed by atoms with Gasteiger partial charge in [0.25, 0.3) is 0 Å². The first-order valence-electron chi connectivity index (χ1n) is 6.72. The lowest BCUT2D eigenvalue weighted by molar-refractivity contribution is 0.174. The van der Waals surface area contributed by atoms with Gasteiger partial charge in [0.15, 0.2) is 17.3 Å². The number of benzene rings is 1. The Kier molecular flexibility index (Phi) is 3.40. The summed E-state index contributed by atoms with van der Waals surface area (Å²) >= 11 is 1.61. The maximum Gasteiger partial charge on any atom is 0.231 e. The third kappa shape index (κ3) is 2.50. The number of aromatic nitrogens is 4. The van der Waals surface area contributed by atoms with Gasteiger partial charge in [-0.25, -0.2) is 14.6 Å². The van der Waals surface area contributed by atoms with E-state index < -0.39 is 0 Å². The molecule has 6 nitrogen and oxygen atoms in total. The Bertz CT molecular complexity index is 792. The van der Waals surface area contributed by atoms with Crippen molar-refractivity contribution >= 4 is 11.8 Å². The molecule has 0 saturated carbocycles. The zero-order chi connectivity index (χ0) is 14.8. The molecule has 0 aliphatic carbocycles. The van der Waals surface area contributed by atoms with E-state index in [2.05, 4.69) is 15.1 Å². The second-order valence-electron chi connectivity index (χ2n) is 4.61. The number of thioether (sulfide) groups is 1. The van der Waals surface area contributed by atoms with Crippen LogP contribution >= 0.6 is 11.8 Å². The topological polar surface area (TPSA) is 62.1 Å². The van der Waals surface area contributed by atoms with Crippen molar-refractivity contribution in [1.29, 1.82) is 0 Å². The summed E-state index contributed by atoms with van der Waals surface area (Å²) in [5.41, 5.74) is 1.14. The third-order valence-corrected chi connectivity index (χ3v) is 4.22. The van der Waals surface area contributed by atoms with E-state index in [-0.39, 0.29) is 0 Å². The molecule has 110 valence electrons. The number of rotatable bonds is 4. The van der Waals surface area contributed by atoms with Crippen LogP contribution in [0.1, 0.15) is 5.56 Å². The smallest absolute Gasteiger partial charge is 0.231 e. The van der Waals surface area contributed by atoms with Gasteiger partial charge in [-0.15, -0.1) is 0 Å². The van der Waals surface area contributed by atoms with Gasteiger partial charge >= 0.3 is 0 Å². The van der Waals surface area contributed by atoms with Crippen molar-refractivity contribution in [3.8, 4) is 17.3 Å². The molecule has 0 amide bonds. The summed E-state index contributed by atoms with van der Waals surface area (Å²) in [5, 5.41) is 5.05. The van der Waals surface area contributed by atoms with E-state index in [1.165, 1.54) is 0 Å². The van der Waals surface area contributed by atoms with Crippen LogP contribution in [0.2, 0.25) is 0 Å². The first-order chi connectivity index (χ1) is 10.9. The number of nitrogens with zero attached hydrogens (tertiary/aromatic N) is 4. The number of ether oxygens (including phenoxy) is 2. The van der Waals surface area contributed by atoms with Gasteiger partial charge in [0.05, 0.1) is 0 Å². The molecule has 0 N–H and O–H groups in total. The number of hydrogen-bond acceptors (Lipinski definition) is 6. The molecule has 1 aliphatic heterocycles. The predicted molar refractivity (Wildman–Crippen MR) is 81.3 cm³/mol. The summed E-state index contributed by atoms with van der Waals surface area (Å²) in [6.07, 6.45) is 6.94. The van der Waals surface area contributed by atoms with Gasteiger partial charge < -0.3 is 9.47 Å². The highest BCUT2D eigenvalue weighted by Crippen LogP contribution is 2.34. The molecule has 0 bridgehead atoms. The monoisotopic (exact) mass is 312 g/mol. The Balaban J connectivity index is 1.55. The highest BCUT2D eigenvalue weighted by atomic mass is 32.2. The van der Waals surface area contributed by atoms with Crippen LogP contribution in [-0.2, 0) is 5.75 Å². The quantitative estimate of drug-likeness (QED) is 0.690. The molecule has 1 aliphatic rings. The molecule has 0 radical (unpaired) electrons. The van der Waals surface area contributed by atoms with Crippen molar-refractivity contribution in [3.05, 3.63) is 54.6 Å². The Hall–Kier alpha value is -2.54. The largest absolute Gasteiger partial charge is 0.454 e. The summed E-state index contributed by atoms with van der Waals surface area (Å²) in [5.74, 6) is 3.09. The van der Waals surface area contributed by atoms with E-state index >= 15 is 0 Å². The van der Waals surface area contributed by atoms with E-state index in [0.717, 1.165) is 33.7 Å². The highest BCUT2D eigenvalue weighted by molar-refractivity contribution is 7.98. The van der Waals surface area contributed by atoms with Crippen molar-refractivity contribution in [2.75, 3.05) is 6.79 Å². The molecule has 0 spiro atoms. The molecular formula is C15H12N4O2S. The van der Waals surface area contributed by atoms with Crippen LogP contribution < -0.4 is 9.47 Å². The molecule has 0 atom stereocenters. The standard InChI is InChI=1S/C15H12N4O2S/c1-4-18-19(7-1)14-15(17-6-5-16-14)22-9-11-2-3-12-13(8-11)21-10-20-12/h1-8H,9-10H2. The first-order valence-corrected chi connectivity index (χ1v) is 7.71. The molecule has 22 heavy (non-hydrogen) atoms. The lowest BCUT2D eigenvalue weighted by Crippen LogP contribution is -2.01. The Morgan fingerprint density at radius 1 is 1.09 bits per heavy atom. The molecule has 0 saturated heterocycles. The van der Waals surface area contributed by atoms with Crippen LogP contribution in [0.4, 0.5) is 0 Å². The Morgan fingerprint density at radius 3 is 2.91 bits per heavy atom. The van der Waals surface area contributed by atoms with Crippen molar-refractivity contribution < 1.29 is 9.47 Å². The fraction of sp³-hybridized carbons (Fsp3) is 0.133. The van der Waals surface area contributed by atoms with Gasteiger partial charge in [-0.05, 0) is 23.8 Å². The van der Waals surface area contributed by atoms with E-state index in [4.69, 9.17) is 9.47 Å². The van der Waals surface area contributed by atoms with Crippen LogP contribution in [-0.4, -0.2) is 26.5 Å². The van der Waals surface area contributed by atoms with Gasteiger partial charge in [0.1, 0.15) is 5.03 Å². The van der Waals surface area contributed by atoms with Gasteiger partial charge in [-0.1, -0.05) is 17.8 Å². The Labute approximate surface area is 131 Å². The van der Waals surface area contributed by atoms with Gasteiger partial charge in [0, 0.05) is 30.5 Å². The van der Waals surface area contributed by atoms with Crippen molar-refractivity contribution in [2.24, 2.45) is 0 Å². The molecule has 0 unspecified atom stereocenters. The zero-order valence-corrected chi connectivity index (χ0v) is 12.4. The maximum atomic E-state index is 5.40. The summed E-state index contributed by atoms with van der Waals surface area (Å²) in [6, 6.07) is 7.83. The van der Waals surface area contributed by atoms with Crippen LogP contribution in [0.5, 0.6) is 11.5 Å². The molecule has 1 aromatic carbocycles. The summed E-state index contributed by atoms with van der Waals surface area (Å²) < 4.78 is 12.4. The molecule has 2 aromatic heterocycles. The summed E-state index contributed by atoms with van der Waals surface area (Å²) in [6.45, 7) is 0.291. The van der Waals surface area contributed by atoms with Gasteiger partial charge in [-0.2, -0.15) is 5.10 Å². The second kappa shape index (κ2) is 5.69. The zero-order valence-electron chi connectivity index (χ0n) is 11.5. The van der Waals surface area contributed by atoms with Crippen LogP contribution in [0.15, 0.2) is 54.1 Å². The fourth-order valence-electron chi connectivity index (χ4n) is 2.15. The van der Waals surface area contributed by atoms with Crippen LogP contribution in [0.25, 0.3) is 5.82 Å². The van der Waals surface area contributed by atoms with E-state index in [1.54, 1.807) is 35.0 Å². The number of hydrogen-bond donors (Lipinski definition) is 0. The van der Waals surface area contributed by atoms with Crippen LogP contribution in [0, 0.1) is 0 Å². The lowest BCUT2D eigenvalue weighted by Gasteiger charge is -2.07. The summed E-state index contributed by atoms with van der Waals surface area (Å²) in [4.78, 5) is 8.77. The van der Waals surface area contributed by atoms with E-state index in [1.807, 2.05) is 30.5 Å². The van der Waals surface area contributed by atoms with Gasteiger partial charge in [0.2, 0.25) is 6.79 Å². The molecule has 0 fully saturated rings. The molecular weight excluding hydrogens is 300 g/mol.